The molecule has 152 valence electrons. The second kappa shape index (κ2) is 9.12. The van der Waals surface area contributed by atoms with Crippen LogP contribution >= 0.6 is 0 Å². The van der Waals surface area contributed by atoms with E-state index in [1.54, 1.807) is 12.1 Å². The second-order valence-electron chi connectivity index (χ2n) is 8.10. The first-order chi connectivity index (χ1) is 14.2. The van der Waals surface area contributed by atoms with Crippen molar-refractivity contribution in [2.45, 2.75) is 38.5 Å². The van der Waals surface area contributed by atoms with Crippen molar-refractivity contribution in [3.8, 4) is 5.75 Å². The number of carbonyl (C=O) groups is 2. The fraction of sp³-hybridized carbons (Fsp3) is 0.417. The van der Waals surface area contributed by atoms with Crippen molar-refractivity contribution in [1.29, 1.82) is 0 Å². The summed E-state index contributed by atoms with van der Waals surface area (Å²) in [5.41, 5.74) is 2.28. The number of nitrogens with one attached hydrogen (secondary N) is 2. The molecular formula is C24H28N2O3. The van der Waals surface area contributed by atoms with Gasteiger partial charge in [-0.3, -0.25) is 9.59 Å². The van der Waals surface area contributed by atoms with Crippen molar-refractivity contribution in [3.05, 3.63) is 59.7 Å². The van der Waals surface area contributed by atoms with Crippen molar-refractivity contribution >= 4 is 17.5 Å². The molecule has 2 aromatic rings. The van der Waals surface area contributed by atoms with Crippen molar-refractivity contribution in [2.24, 2.45) is 11.8 Å². The third-order valence-electron chi connectivity index (χ3n) is 5.92. The van der Waals surface area contributed by atoms with Crippen LogP contribution in [-0.2, 0) is 11.2 Å². The molecule has 2 aliphatic rings. The number of carbonyl (C=O) groups excluding carboxylic acids is 2. The lowest BCUT2D eigenvalue weighted by Crippen LogP contribution is -2.39. The summed E-state index contributed by atoms with van der Waals surface area (Å²) in [6.45, 7) is 1.18. The monoisotopic (exact) mass is 392 g/mol. The van der Waals surface area contributed by atoms with Crippen LogP contribution in [0.4, 0.5) is 5.69 Å². The maximum atomic E-state index is 12.6. The van der Waals surface area contributed by atoms with E-state index in [-0.39, 0.29) is 17.7 Å². The first-order valence-corrected chi connectivity index (χ1v) is 10.6. The molecule has 5 nitrogen and oxygen atoms in total. The van der Waals surface area contributed by atoms with Gasteiger partial charge in [-0.2, -0.15) is 0 Å². The number of anilines is 1. The molecule has 2 amide bonds. The molecule has 0 aromatic heterocycles. The van der Waals surface area contributed by atoms with E-state index < -0.39 is 0 Å². The van der Waals surface area contributed by atoms with Crippen LogP contribution in [0.3, 0.4) is 0 Å². The van der Waals surface area contributed by atoms with Crippen LogP contribution in [0.25, 0.3) is 0 Å². The highest BCUT2D eigenvalue weighted by molar-refractivity contribution is 6.04. The molecule has 0 unspecified atom stereocenters. The first kappa shape index (κ1) is 19.5. The van der Waals surface area contributed by atoms with Gasteiger partial charge >= 0.3 is 0 Å². The van der Waals surface area contributed by atoms with Crippen LogP contribution in [0.2, 0.25) is 0 Å². The Morgan fingerprint density at radius 3 is 2.59 bits per heavy atom. The minimum Gasteiger partial charge on any atom is -0.492 e. The van der Waals surface area contributed by atoms with Gasteiger partial charge in [-0.25, -0.2) is 0 Å². The third-order valence-corrected chi connectivity index (χ3v) is 5.92. The number of rotatable bonds is 5. The van der Waals surface area contributed by atoms with Gasteiger partial charge in [-0.1, -0.05) is 37.5 Å². The Morgan fingerprint density at radius 1 is 1.00 bits per heavy atom. The molecule has 1 aliphatic carbocycles. The summed E-state index contributed by atoms with van der Waals surface area (Å²) in [6, 6.07) is 14.7. The molecule has 0 saturated heterocycles. The van der Waals surface area contributed by atoms with Crippen LogP contribution in [0.1, 0.15) is 48.0 Å². The zero-order chi connectivity index (χ0) is 20.1. The largest absolute Gasteiger partial charge is 0.492 e. The van der Waals surface area contributed by atoms with Crippen LogP contribution in [0.5, 0.6) is 5.75 Å². The van der Waals surface area contributed by atoms with E-state index in [0.29, 0.717) is 30.2 Å². The third kappa shape index (κ3) is 4.97. The average Bonchev–Trinajstić information content (AvgIpc) is 2.78. The van der Waals surface area contributed by atoms with Gasteiger partial charge in [0.2, 0.25) is 5.91 Å². The second-order valence-corrected chi connectivity index (χ2v) is 8.10. The zero-order valence-corrected chi connectivity index (χ0v) is 16.7. The molecule has 0 spiro atoms. The molecule has 1 aliphatic heterocycles. The molecule has 1 fully saturated rings. The minimum absolute atomic E-state index is 0.0694. The van der Waals surface area contributed by atoms with Crippen molar-refractivity contribution in [2.75, 3.05) is 18.5 Å². The summed E-state index contributed by atoms with van der Waals surface area (Å²) in [7, 11) is 0. The smallest absolute Gasteiger partial charge is 0.255 e. The predicted molar refractivity (Wildman–Crippen MR) is 113 cm³/mol. The lowest BCUT2D eigenvalue weighted by Gasteiger charge is -2.27. The fourth-order valence-corrected chi connectivity index (χ4v) is 4.21. The summed E-state index contributed by atoms with van der Waals surface area (Å²) in [5, 5.41) is 6.06. The Labute approximate surface area is 171 Å². The van der Waals surface area contributed by atoms with Gasteiger partial charge in [0.15, 0.2) is 0 Å². The fourth-order valence-electron chi connectivity index (χ4n) is 4.21. The van der Waals surface area contributed by atoms with E-state index in [1.165, 1.54) is 32.1 Å². The summed E-state index contributed by atoms with van der Waals surface area (Å²) in [5.74, 6) is 1.14. The van der Waals surface area contributed by atoms with Gasteiger partial charge in [0, 0.05) is 17.8 Å². The number of hydrogen-bond donors (Lipinski definition) is 2. The van der Waals surface area contributed by atoms with Gasteiger partial charge in [-0.15, -0.1) is 0 Å². The van der Waals surface area contributed by atoms with E-state index in [4.69, 9.17) is 4.74 Å². The molecule has 4 rings (SSSR count). The Bertz CT molecular complexity index is 860. The van der Waals surface area contributed by atoms with Gasteiger partial charge in [0.05, 0.1) is 5.92 Å². The molecule has 29 heavy (non-hydrogen) atoms. The van der Waals surface area contributed by atoms with E-state index in [0.717, 1.165) is 17.9 Å². The lowest BCUT2D eigenvalue weighted by atomic mass is 9.89. The highest BCUT2D eigenvalue weighted by Crippen LogP contribution is 2.30. The highest BCUT2D eigenvalue weighted by Gasteiger charge is 2.27. The van der Waals surface area contributed by atoms with Crippen LogP contribution in [0.15, 0.2) is 48.5 Å². The molecule has 1 atom stereocenters. The van der Waals surface area contributed by atoms with Gasteiger partial charge in [0.1, 0.15) is 12.4 Å². The Morgan fingerprint density at radius 2 is 1.79 bits per heavy atom. The number of ether oxygens (including phenoxy) is 1. The van der Waals surface area contributed by atoms with Crippen LogP contribution in [0, 0.1) is 11.8 Å². The van der Waals surface area contributed by atoms with Crippen molar-refractivity contribution in [3.63, 3.8) is 0 Å². The maximum Gasteiger partial charge on any atom is 0.255 e. The molecule has 2 aromatic carbocycles. The molecule has 2 N–H and O–H groups in total. The summed E-state index contributed by atoms with van der Waals surface area (Å²) in [4.78, 5) is 25.0. The number of hydrogen-bond acceptors (Lipinski definition) is 3. The molecule has 5 heteroatoms. The Hall–Kier alpha value is -2.82. The van der Waals surface area contributed by atoms with Crippen molar-refractivity contribution < 1.29 is 14.3 Å². The molecule has 1 saturated carbocycles. The number of amides is 2. The maximum absolute atomic E-state index is 12.6. The van der Waals surface area contributed by atoms with E-state index in [2.05, 4.69) is 10.6 Å². The number of fused-ring (bicyclic) bond motifs is 1. The summed E-state index contributed by atoms with van der Waals surface area (Å²) < 4.78 is 5.82. The van der Waals surface area contributed by atoms with Crippen molar-refractivity contribution in [1.82, 2.24) is 5.32 Å². The normalized spacial score (nSPS) is 19.0. The summed E-state index contributed by atoms with van der Waals surface area (Å²) in [6.07, 6.45) is 6.93. The Balaban J connectivity index is 1.36. The van der Waals surface area contributed by atoms with Crippen LogP contribution in [-0.4, -0.2) is 25.0 Å². The standard InChI is InChI=1S/C24H28N2O3/c27-23(25-15-17-7-3-1-4-8-17)20-13-19-14-21(11-12-22(19)29-16-20)26-24(28)18-9-5-2-6-10-18/h2,5-6,9-12,14,17,20H,1,3-4,7-8,13,15-16H2,(H,25,27)(H,26,28)/t20-/m1/s1. The SMILES string of the molecule is O=C(Nc1ccc2c(c1)C[C@@H](C(=O)NCC1CCCCC1)CO2)c1ccccc1. The Kier molecular flexibility index (Phi) is 6.13. The quantitative estimate of drug-likeness (QED) is 0.802. The first-order valence-electron chi connectivity index (χ1n) is 10.6. The topological polar surface area (TPSA) is 67.4 Å². The molecular weight excluding hydrogens is 364 g/mol. The van der Waals surface area contributed by atoms with E-state index in [9.17, 15) is 9.59 Å². The molecule has 0 radical (unpaired) electrons. The van der Waals surface area contributed by atoms with E-state index >= 15 is 0 Å². The molecule has 1 heterocycles. The van der Waals surface area contributed by atoms with Gasteiger partial charge in [-0.05, 0) is 61.1 Å². The van der Waals surface area contributed by atoms with Gasteiger partial charge in [0.25, 0.3) is 5.91 Å². The van der Waals surface area contributed by atoms with Crippen LogP contribution < -0.4 is 15.4 Å². The number of benzene rings is 2. The average molecular weight is 392 g/mol. The zero-order valence-electron chi connectivity index (χ0n) is 16.7. The minimum atomic E-state index is -0.189. The van der Waals surface area contributed by atoms with E-state index in [1.807, 2.05) is 36.4 Å². The van der Waals surface area contributed by atoms with Gasteiger partial charge < -0.3 is 15.4 Å². The highest BCUT2D eigenvalue weighted by atomic mass is 16.5. The summed E-state index contributed by atoms with van der Waals surface area (Å²) >= 11 is 0. The lowest BCUT2D eigenvalue weighted by molar-refractivity contribution is -0.126. The predicted octanol–water partition coefficient (Wildman–Crippen LogP) is 4.19. The molecule has 0 bridgehead atoms.